The smallest absolute Gasteiger partial charge is 0.250 e. The number of carbonyl (C=O) groups excluding carboxylic acids is 1. The first kappa shape index (κ1) is 18.7. The summed E-state index contributed by atoms with van der Waals surface area (Å²) in [5.41, 5.74) is -2.13. The van der Waals surface area contributed by atoms with E-state index in [0.29, 0.717) is 17.8 Å². The van der Waals surface area contributed by atoms with Crippen molar-refractivity contribution >= 4 is 31.7 Å². The van der Waals surface area contributed by atoms with Gasteiger partial charge in [-0.2, -0.15) is 0 Å². The molecule has 0 saturated heterocycles. The van der Waals surface area contributed by atoms with Crippen LogP contribution in [0, 0.1) is 11.6 Å². The van der Waals surface area contributed by atoms with Gasteiger partial charge in [0.05, 0.1) is 5.75 Å². The summed E-state index contributed by atoms with van der Waals surface area (Å²) in [6.45, 7) is 1.18. The Bertz CT molecular complexity index is 791. The summed E-state index contributed by atoms with van der Waals surface area (Å²) in [6.07, 6.45) is 0.295. The van der Waals surface area contributed by atoms with Gasteiger partial charge >= 0.3 is 0 Å². The lowest BCUT2D eigenvalue weighted by molar-refractivity contribution is -0.131. The van der Waals surface area contributed by atoms with Crippen LogP contribution in [0.3, 0.4) is 0 Å². The molecule has 1 unspecified atom stereocenters. The molecule has 0 radical (unpaired) electrons. The van der Waals surface area contributed by atoms with Crippen molar-refractivity contribution in [2.75, 3.05) is 11.1 Å². The van der Waals surface area contributed by atoms with E-state index in [1.165, 1.54) is 6.92 Å². The van der Waals surface area contributed by atoms with E-state index in [1.54, 1.807) is 0 Å². The van der Waals surface area contributed by atoms with Crippen LogP contribution in [-0.4, -0.2) is 30.4 Å². The highest BCUT2D eigenvalue weighted by Gasteiger charge is 2.49. The average Bonchev–Trinajstić information content (AvgIpc) is 2.69. The van der Waals surface area contributed by atoms with E-state index in [0.717, 1.165) is 12.1 Å². The van der Waals surface area contributed by atoms with E-state index in [2.05, 4.69) is 15.9 Å². The first-order valence-electron chi connectivity index (χ1n) is 6.79. The summed E-state index contributed by atoms with van der Waals surface area (Å²) in [7, 11) is -3.86. The Morgan fingerprint density at radius 1 is 1.29 bits per heavy atom. The van der Waals surface area contributed by atoms with Crippen LogP contribution < -0.4 is 4.72 Å². The van der Waals surface area contributed by atoms with Gasteiger partial charge in [-0.05, 0) is 25.5 Å². The highest BCUT2D eigenvalue weighted by Crippen LogP contribution is 2.37. The third-order valence-corrected chi connectivity index (χ3v) is 5.26. The zero-order valence-corrected chi connectivity index (χ0v) is 14.9. The quantitative estimate of drug-likeness (QED) is 0.681. The van der Waals surface area contributed by atoms with Gasteiger partial charge in [0.25, 0.3) is 5.78 Å². The average molecular weight is 426 g/mol. The van der Waals surface area contributed by atoms with Crippen LogP contribution in [-0.2, 0) is 25.2 Å². The lowest BCUT2D eigenvalue weighted by Gasteiger charge is -2.23. The maximum Gasteiger partial charge on any atom is 0.250 e. The monoisotopic (exact) mass is 425 g/mol. The highest BCUT2D eigenvalue weighted by atomic mass is 79.9. The predicted octanol–water partition coefficient (Wildman–Crippen LogP) is 2.21. The van der Waals surface area contributed by atoms with E-state index in [4.69, 9.17) is 4.74 Å². The van der Waals surface area contributed by atoms with Gasteiger partial charge in [0.2, 0.25) is 21.7 Å². The predicted molar refractivity (Wildman–Crippen MR) is 84.8 cm³/mol. The molecule has 1 aromatic rings. The number of aliphatic hydroxyl groups is 1. The van der Waals surface area contributed by atoms with Crippen LogP contribution in [0.15, 0.2) is 29.8 Å². The molecular formula is C14H14BrF2NO5S. The van der Waals surface area contributed by atoms with Crippen molar-refractivity contribution in [3.05, 3.63) is 47.0 Å². The Morgan fingerprint density at radius 3 is 2.42 bits per heavy atom. The number of ether oxygens (including phenoxy) is 1. The molecular weight excluding hydrogens is 412 g/mol. The zero-order chi connectivity index (χ0) is 18.1. The van der Waals surface area contributed by atoms with Gasteiger partial charge in [-0.25, -0.2) is 17.2 Å². The second kappa shape index (κ2) is 6.67. The molecule has 1 aromatic carbocycles. The fourth-order valence-electron chi connectivity index (χ4n) is 2.15. The summed E-state index contributed by atoms with van der Waals surface area (Å²) in [5, 5.41) is 10.3. The molecule has 1 aliphatic rings. The molecule has 0 fully saturated rings. The Labute approximate surface area is 145 Å². The Balaban J connectivity index is 2.31. The van der Waals surface area contributed by atoms with Crippen molar-refractivity contribution in [1.29, 1.82) is 0 Å². The summed E-state index contributed by atoms with van der Waals surface area (Å²) in [4.78, 5) is 12.2. The van der Waals surface area contributed by atoms with Crippen molar-refractivity contribution in [2.45, 2.75) is 18.9 Å². The van der Waals surface area contributed by atoms with Gasteiger partial charge in [-0.15, -0.1) is 0 Å². The van der Waals surface area contributed by atoms with Crippen LogP contribution in [0.25, 0.3) is 0 Å². The van der Waals surface area contributed by atoms with Crippen molar-refractivity contribution in [1.82, 2.24) is 4.72 Å². The minimum Gasteiger partial charge on any atom is -0.501 e. The van der Waals surface area contributed by atoms with Gasteiger partial charge in [0, 0.05) is 17.0 Å². The van der Waals surface area contributed by atoms with Crippen LogP contribution in [0.4, 0.5) is 8.78 Å². The van der Waals surface area contributed by atoms with Crippen molar-refractivity contribution < 1.29 is 31.8 Å². The van der Waals surface area contributed by atoms with Crippen LogP contribution in [0.2, 0.25) is 0 Å². The molecule has 1 aliphatic heterocycles. The van der Waals surface area contributed by atoms with E-state index < -0.39 is 44.7 Å². The number of hydrogen-bond donors (Lipinski definition) is 2. The maximum atomic E-state index is 13.4. The molecule has 0 amide bonds. The Kier molecular flexibility index (Phi) is 5.19. The molecule has 1 heterocycles. The highest BCUT2D eigenvalue weighted by molar-refractivity contribution is 9.09. The topological polar surface area (TPSA) is 92.7 Å². The molecule has 2 rings (SSSR count). The molecule has 2 N–H and O–H groups in total. The lowest BCUT2D eigenvalue weighted by atomic mass is 9.91. The summed E-state index contributed by atoms with van der Waals surface area (Å²) < 4.78 is 57.7. The summed E-state index contributed by atoms with van der Waals surface area (Å²) in [5.74, 6) is -4.77. The lowest BCUT2D eigenvalue weighted by Crippen LogP contribution is -2.33. The van der Waals surface area contributed by atoms with E-state index in [9.17, 15) is 27.1 Å². The molecule has 6 nitrogen and oxygen atoms in total. The molecule has 132 valence electrons. The fraction of sp³-hybridized carbons (Fsp3) is 0.357. The third-order valence-electron chi connectivity index (χ3n) is 3.38. The number of benzene rings is 1. The van der Waals surface area contributed by atoms with E-state index in [1.807, 2.05) is 4.72 Å². The van der Waals surface area contributed by atoms with E-state index in [-0.39, 0.29) is 11.3 Å². The number of halogens is 3. The van der Waals surface area contributed by atoms with Gasteiger partial charge in [0.15, 0.2) is 5.60 Å². The van der Waals surface area contributed by atoms with Crippen LogP contribution in [0.1, 0.15) is 18.9 Å². The Morgan fingerprint density at radius 2 is 1.88 bits per heavy atom. The number of aliphatic hydroxyl groups excluding tert-OH is 1. The molecule has 0 spiro atoms. The maximum absolute atomic E-state index is 13.4. The molecule has 0 bridgehead atoms. The second-order valence-electron chi connectivity index (χ2n) is 5.26. The van der Waals surface area contributed by atoms with Crippen molar-refractivity contribution in [3.8, 4) is 0 Å². The van der Waals surface area contributed by atoms with Gasteiger partial charge in [-0.3, -0.25) is 9.52 Å². The van der Waals surface area contributed by atoms with Crippen molar-refractivity contribution in [2.24, 2.45) is 0 Å². The molecule has 24 heavy (non-hydrogen) atoms. The Hall–Kier alpha value is -1.68. The zero-order valence-electron chi connectivity index (χ0n) is 12.5. The molecule has 10 heteroatoms. The first-order chi connectivity index (χ1) is 11.1. The summed E-state index contributed by atoms with van der Waals surface area (Å²) in [6, 6.07) is 2.36. The third kappa shape index (κ3) is 3.69. The molecule has 0 aliphatic carbocycles. The van der Waals surface area contributed by atoms with E-state index >= 15 is 0 Å². The normalized spacial score (nSPS) is 21.1. The summed E-state index contributed by atoms with van der Waals surface area (Å²) >= 11 is 3.09. The van der Waals surface area contributed by atoms with Gasteiger partial charge in [-0.1, -0.05) is 15.9 Å². The molecule has 0 saturated carbocycles. The fourth-order valence-corrected chi connectivity index (χ4v) is 3.85. The number of sulfonamides is 1. The minimum atomic E-state index is -3.86. The molecule has 0 aromatic heterocycles. The van der Waals surface area contributed by atoms with Crippen molar-refractivity contribution in [3.63, 3.8) is 0 Å². The van der Waals surface area contributed by atoms with Crippen LogP contribution in [0.5, 0.6) is 0 Å². The SMILES string of the molecule is CC1(c2cc(F)cc(F)c2)OC(NS(=O)(=O)CCCBr)=C(O)C1=O. The molecule has 1 atom stereocenters. The van der Waals surface area contributed by atoms with Gasteiger partial charge < -0.3 is 9.84 Å². The van der Waals surface area contributed by atoms with Gasteiger partial charge in [0.1, 0.15) is 11.6 Å². The largest absolute Gasteiger partial charge is 0.501 e. The minimum absolute atomic E-state index is 0.189. The first-order valence-corrected chi connectivity index (χ1v) is 9.56. The number of rotatable bonds is 6. The second-order valence-corrected chi connectivity index (χ2v) is 7.90. The number of alkyl halides is 1. The number of Topliss-reactive ketones (excluding diaryl/α,β-unsaturated/α-hetero) is 1. The number of nitrogens with one attached hydrogen (secondary N) is 1. The number of ketones is 1. The van der Waals surface area contributed by atoms with Crippen LogP contribution >= 0.6 is 15.9 Å². The number of hydrogen-bond acceptors (Lipinski definition) is 5. The standard InChI is InChI=1S/C14H14BrF2NO5S/c1-14(8-5-9(16)7-10(17)6-8)12(20)11(19)13(23-14)18-24(21,22)4-2-3-15/h5-7,18-19H,2-4H2,1H3. The number of carbonyl (C=O) groups is 1.